The average Bonchev–Trinajstić information content (AvgIpc) is 3.16. The molecule has 7 heteroatoms. The summed E-state index contributed by atoms with van der Waals surface area (Å²) >= 11 is 0. The van der Waals surface area contributed by atoms with Crippen LogP contribution in [0.1, 0.15) is 17.2 Å². The molecule has 1 aromatic heterocycles. The maximum Gasteiger partial charge on any atom is 0.319 e. The monoisotopic (exact) mass is 422 g/mol. The average molecular weight is 423 g/mol. The molecule has 4 rings (SSSR count). The Bertz CT molecular complexity index is 1060. The van der Waals surface area contributed by atoms with Crippen molar-refractivity contribution in [1.82, 2.24) is 15.2 Å². The molecular weight excluding hydrogens is 395 g/mol. The highest BCUT2D eigenvalue weighted by Gasteiger charge is 2.34. The Morgan fingerprint density at radius 2 is 2.00 bits per heavy atom. The van der Waals surface area contributed by atoms with Gasteiger partial charge in [0.1, 0.15) is 5.82 Å². The first-order valence-corrected chi connectivity index (χ1v) is 10.4. The molecule has 2 atom stereocenters. The number of benzene rings is 2. The zero-order chi connectivity index (χ0) is 21.8. The van der Waals surface area contributed by atoms with Crippen LogP contribution in [0.5, 0.6) is 0 Å². The number of carbonyl (C=O) groups is 1. The zero-order valence-electron chi connectivity index (χ0n) is 17.8. The van der Waals surface area contributed by atoms with Gasteiger partial charge in [0, 0.05) is 38.0 Å². The zero-order valence-corrected chi connectivity index (χ0v) is 17.8. The van der Waals surface area contributed by atoms with E-state index in [-0.39, 0.29) is 23.8 Å². The predicted octanol–water partition coefficient (Wildman–Crippen LogP) is 3.92. The number of anilines is 1. The largest absolute Gasteiger partial charge is 0.383 e. The van der Waals surface area contributed by atoms with E-state index in [1.165, 1.54) is 17.7 Å². The lowest BCUT2D eigenvalue weighted by molar-refractivity contribution is 0.159. The summed E-state index contributed by atoms with van der Waals surface area (Å²) in [6, 6.07) is 16.1. The van der Waals surface area contributed by atoms with Crippen molar-refractivity contribution in [2.45, 2.75) is 18.9 Å². The summed E-state index contributed by atoms with van der Waals surface area (Å²) in [4.78, 5) is 19.6. The highest BCUT2D eigenvalue weighted by atomic mass is 19.1. The molecule has 2 aromatic carbocycles. The van der Waals surface area contributed by atoms with Gasteiger partial charge in [-0.1, -0.05) is 30.3 Å². The fourth-order valence-electron chi connectivity index (χ4n) is 4.17. The molecule has 6 nitrogen and oxygen atoms in total. The van der Waals surface area contributed by atoms with E-state index in [0.717, 1.165) is 19.6 Å². The van der Waals surface area contributed by atoms with Crippen molar-refractivity contribution in [3.05, 3.63) is 71.7 Å². The first-order chi connectivity index (χ1) is 15.0. The predicted molar refractivity (Wildman–Crippen MR) is 120 cm³/mol. The number of aryl methyl sites for hydroxylation is 1. The van der Waals surface area contributed by atoms with Gasteiger partial charge in [-0.15, -0.1) is 0 Å². The molecule has 162 valence electrons. The molecule has 1 saturated heterocycles. The van der Waals surface area contributed by atoms with Gasteiger partial charge in [-0.2, -0.15) is 0 Å². The number of amides is 2. The van der Waals surface area contributed by atoms with Crippen LogP contribution in [0.3, 0.4) is 0 Å². The first kappa shape index (κ1) is 21.2. The highest BCUT2D eigenvalue weighted by Crippen LogP contribution is 2.28. The Hall–Kier alpha value is -3.03. The van der Waals surface area contributed by atoms with Crippen molar-refractivity contribution in [3.63, 3.8) is 0 Å². The van der Waals surface area contributed by atoms with E-state index in [1.54, 1.807) is 19.2 Å². The number of ether oxygens (including phenoxy) is 1. The van der Waals surface area contributed by atoms with Crippen LogP contribution >= 0.6 is 0 Å². The van der Waals surface area contributed by atoms with Crippen LogP contribution in [0.25, 0.3) is 10.9 Å². The second kappa shape index (κ2) is 9.41. The van der Waals surface area contributed by atoms with E-state index in [1.807, 2.05) is 25.1 Å². The fraction of sp³-hybridized carbons (Fsp3) is 0.333. The Morgan fingerprint density at radius 1 is 1.19 bits per heavy atom. The number of methoxy groups -OCH3 is 1. The van der Waals surface area contributed by atoms with Crippen molar-refractivity contribution >= 4 is 22.6 Å². The molecule has 0 radical (unpaired) electrons. The molecule has 2 N–H and O–H groups in total. The number of pyridine rings is 1. The van der Waals surface area contributed by atoms with Crippen LogP contribution in [-0.4, -0.2) is 55.3 Å². The van der Waals surface area contributed by atoms with Gasteiger partial charge in [0.2, 0.25) is 0 Å². The van der Waals surface area contributed by atoms with Crippen molar-refractivity contribution in [1.29, 1.82) is 0 Å². The van der Waals surface area contributed by atoms with Crippen molar-refractivity contribution in [2.75, 3.05) is 38.7 Å². The van der Waals surface area contributed by atoms with Crippen molar-refractivity contribution in [3.8, 4) is 0 Å². The maximum absolute atomic E-state index is 13.6. The third-order valence-electron chi connectivity index (χ3n) is 5.77. The van der Waals surface area contributed by atoms with Crippen LogP contribution in [0.4, 0.5) is 14.9 Å². The van der Waals surface area contributed by atoms with E-state index in [0.29, 0.717) is 28.9 Å². The van der Waals surface area contributed by atoms with E-state index >= 15 is 0 Å². The number of nitrogens with zero attached hydrogens (tertiary/aromatic N) is 2. The minimum Gasteiger partial charge on any atom is -0.383 e. The summed E-state index contributed by atoms with van der Waals surface area (Å²) in [7, 11) is 1.69. The molecule has 0 unspecified atom stereocenters. The van der Waals surface area contributed by atoms with Gasteiger partial charge in [0.25, 0.3) is 0 Å². The highest BCUT2D eigenvalue weighted by molar-refractivity contribution is 5.93. The maximum atomic E-state index is 13.6. The number of halogens is 1. The number of likely N-dealkylation sites (tertiary alicyclic amines) is 1. The molecule has 0 spiro atoms. The van der Waals surface area contributed by atoms with Crippen LogP contribution < -0.4 is 10.6 Å². The number of hydrogen-bond acceptors (Lipinski definition) is 4. The molecule has 31 heavy (non-hydrogen) atoms. The SMILES string of the molecule is COCCN1C[C@@H](NC(=O)Nc2cc3cc(F)ccc3nc2C)[C@H](c2ccccc2)C1. The minimum absolute atomic E-state index is 0.0366. The summed E-state index contributed by atoms with van der Waals surface area (Å²) in [5.41, 5.74) is 3.15. The molecule has 1 aliphatic heterocycles. The lowest BCUT2D eigenvalue weighted by Gasteiger charge is -2.21. The third-order valence-corrected chi connectivity index (χ3v) is 5.77. The van der Waals surface area contributed by atoms with Gasteiger partial charge in [-0.3, -0.25) is 9.88 Å². The molecule has 1 fully saturated rings. The molecule has 2 amide bonds. The lowest BCUT2D eigenvalue weighted by Crippen LogP contribution is -2.42. The van der Waals surface area contributed by atoms with Crippen LogP contribution in [-0.2, 0) is 4.74 Å². The quantitative estimate of drug-likeness (QED) is 0.632. The molecular formula is C24H27FN4O2. The Kier molecular flexibility index (Phi) is 6.44. The number of aromatic nitrogens is 1. The molecule has 0 saturated carbocycles. The molecule has 2 heterocycles. The number of fused-ring (bicyclic) bond motifs is 1. The van der Waals surface area contributed by atoms with E-state index in [2.05, 4.69) is 32.7 Å². The summed E-state index contributed by atoms with van der Waals surface area (Å²) in [5, 5.41) is 6.68. The Morgan fingerprint density at radius 3 is 2.77 bits per heavy atom. The summed E-state index contributed by atoms with van der Waals surface area (Å²) in [6.45, 7) is 4.90. The molecule has 3 aromatic rings. The summed E-state index contributed by atoms with van der Waals surface area (Å²) in [5.74, 6) is -0.143. The molecule has 0 aliphatic carbocycles. The number of rotatable bonds is 6. The van der Waals surface area contributed by atoms with Crippen LogP contribution in [0, 0.1) is 12.7 Å². The van der Waals surface area contributed by atoms with Gasteiger partial charge >= 0.3 is 6.03 Å². The fourth-order valence-corrected chi connectivity index (χ4v) is 4.17. The normalized spacial score (nSPS) is 18.9. The van der Waals surface area contributed by atoms with Gasteiger partial charge in [-0.25, -0.2) is 9.18 Å². The van der Waals surface area contributed by atoms with Crippen LogP contribution in [0.15, 0.2) is 54.6 Å². The van der Waals surface area contributed by atoms with Crippen molar-refractivity contribution < 1.29 is 13.9 Å². The van der Waals surface area contributed by atoms with Gasteiger partial charge in [0.05, 0.1) is 29.5 Å². The Balaban J connectivity index is 1.49. The number of nitrogens with one attached hydrogen (secondary N) is 2. The first-order valence-electron chi connectivity index (χ1n) is 10.4. The Labute approximate surface area is 181 Å². The smallest absolute Gasteiger partial charge is 0.319 e. The van der Waals surface area contributed by atoms with Crippen LogP contribution in [0.2, 0.25) is 0 Å². The summed E-state index contributed by atoms with van der Waals surface area (Å²) in [6.07, 6.45) is 0. The number of hydrogen-bond donors (Lipinski definition) is 2. The van der Waals surface area contributed by atoms with E-state index in [4.69, 9.17) is 4.74 Å². The van der Waals surface area contributed by atoms with Gasteiger partial charge in [0.15, 0.2) is 0 Å². The summed E-state index contributed by atoms with van der Waals surface area (Å²) < 4.78 is 18.8. The number of carbonyl (C=O) groups excluding carboxylic acids is 1. The van der Waals surface area contributed by atoms with E-state index < -0.39 is 0 Å². The second-order valence-corrected chi connectivity index (χ2v) is 7.93. The van der Waals surface area contributed by atoms with Crippen molar-refractivity contribution in [2.24, 2.45) is 0 Å². The standard InChI is InChI=1S/C24H27FN4O2/c1-16-22(13-18-12-19(25)8-9-21(18)26-16)27-24(30)28-23-15-29(10-11-31-2)14-20(23)17-6-4-3-5-7-17/h3-9,12-13,20,23H,10-11,14-15H2,1-2H3,(H2,27,28,30)/t20-,23+/m0/s1. The van der Waals surface area contributed by atoms with Gasteiger partial charge in [-0.05, 0) is 36.8 Å². The third kappa shape index (κ3) is 5.00. The van der Waals surface area contributed by atoms with Gasteiger partial charge < -0.3 is 15.4 Å². The second-order valence-electron chi connectivity index (χ2n) is 7.93. The van der Waals surface area contributed by atoms with E-state index in [9.17, 15) is 9.18 Å². The minimum atomic E-state index is -0.332. The topological polar surface area (TPSA) is 66.5 Å². The number of urea groups is 1. The molecule has 0 bridgehead atoms. The molecule has 1 aliphatic rings. The lowest BCUT2D eigenvalue weighted by atomic mass is 9.94.